The van der Waals surface area contributed by atoms with E-state index in [1.54, 1.807) is 25.9 Å². The van der Waals surface area contributed by atoms with Gasteiger partial charge in [-0.05, 0) is 25.1 Å². The monoisotopic (exact) mass is 317 g/mol. The van der Waals surface area contributed by atoms with Crippen LogP contribution < -0.4 is 10.2 Å². The van der Waals surface area contributed by atoms with Gasteiger partial charge < -0.3 is 20.2 Å². The van der Waals surface area contributed by atoms with Crippen LogP contribution in [0.1, 0.15) is 12.5 Å². The molecule has 1 aromatic carbocycles. The number of alkyl halides is 3. The summed E-state index contributed by atoms with van der Waals surface area (Å²) in [4.78, 5) is 15.0. The summed E-state index contributed by atoms with van der Waals surface area (Å²) in [6.07, 6.45) is -4.48. The second kappa shape index (κ2) is 5.35. The average molecular weight is 317 g/mol. The van der Waals surface area contributed by atoms with E-state index in [1.165, 1.54) is 11.0 Å². The second-order valence-electron chi connectivity index (χ2n) is 5.91. The molecule has 8 heteroatoms. The highest BCUT2D eigenvalue weighted by Crippen LogP contribution is 2.35. The van der Waals surface area contributed by atoms with Crippen LogP contribution in [-0.4, -0.2) is 48.8 Å². The number of urea groups is 1. The van der Waals surface area contributed by atoms with Gasteiger partial charge in [0.1, 0.15) is 0 Å². The number of β-amino-alcohol motifs (C(OH)–C–C–N with tert-alkyl or cyclic N) is 1. The van der Waals surface area contributed by atoms with Crippen molar-refractivity contribution >= 4 is 17.4 Å². The van der Waals surface area contributed by atoms with Gasteiger partial charge in [-0.15, -0.1) is 0 Å². The van der Waals surface area contributed by atoms with Crippen LogP contribution in [0.3, 0.4) is 0 Å². The molecule has 22 heavy (non-hydrogen) atoms. The molecule has 0 spiro atoms. The Hall–Kier alpha value is -1.96. The minimum atomic E-state index is -4.48. The molecular weight excluding hydrogens is 299 g/mol. The van der Waals surface area contributed by atoms with E-state index >= 15 is 0 Å². The first-order valence-corrected chi connectivity index (χ1v) is 6.66. The quantitative estimate of drug-likeness (QED) is 0.880. The molecule has 1 aliphatic rings. The number of nitrogens with one attached hydrogen (secondary N) is 1. The van der Waals surface area contributed by atoms with Gasteiger partial charge in [-0.25, -0.2) is 4.79 Å². The minimum Gasteiger partial charge on any atom is -0.386 e. The molecular formula is C14H18F3N3O2. The molecule has 1 saturated heterocycles. The molecule has 2 rings (SSSR count). The summed E-state index contributed by atoms with van der Waals surface area (Å²) in [5.74, 6) is 0. The summed E-state index contributed by atoms with van der Waals surface area (Å²) >= 11 is 0. The first-order chi connectivity index (χ1) is 9.99. The smallest absolute Gasteiger partial charge is 0.386 e. The molecule has 0 saturated carbocycles. The fraction of sp³-hybridized carbons (Fsp3) is 0.500. The lowest BCUT2D eigenvalue weighted by atomic mass is 9.98. The zero-order valence-corrected chi connectivity index (χ0v) is 12.5. The van der Waals surface area contributed by atoms with Crippen LogP contribution in [0.2, 0.25) is 0 Å². The molecule has 2 amide bonds. The SMILES string of the molecule is CN(C)c1ccc(C(F)(F)F)cc1NC(=O)N1CC(C)(O)C1. The topological polar surface area (TPSA) is 55.8 Å². The van der Waals surface area contributed by atoms with Crippen molar-refractivity contribution in [1.82, 2.24) is 4.90 Å². The van der Waals surface area contributed by atoms with Gasteiger partial charge in [0.25, 0.3) is 0 Å². The van der Waals surface area contributed by atoms with Gasteiger partial charge in [-0.2, -0.15) is 13.2 Å². The van der Waals surface area contributed by atoms with Crippen LogP contribution in [0.15, 0.2) is 18.2 Å². The molecule has 0 radical (unpaired) electrons. The summed E-state index contributed by atoms with van der Waals surface area (Å²) in [6, 6.07) is 2.66. The van der Waals surface area contributed by atoms with Gasteiger partial charge >= 0.3 is 12.2 Å². The predicted molar refractivity (Wildman–Crippen MR) is 77.0 cm³/mol. The molecule has 5 nitrogen and oxygen atoms in total. The molecule has 0 aromatic heterocycles. The first kappa shape index (κ1) is 16.4. The lowest BCUT2D eigenvalue weighted by molar-refractivity contribution is -0.137. The Kier molecular flexibility index (Phi) is 3.99. The van der Waals surface area contributed by atoms with Crippen LogP contribution in [0.25, 0.3) is 0 Å². The van der Waals surface area contributed by atoms with Crippen LogP contribution in [0.4, 0.5) is 29.3 Å². The largest absolute Gasteiger partial charge is 0.416 e. The van der Waals surface area contributed by atoms with E-state index in [9.17, 15) is 23.1 Å². The Bertz CT molecular complexity index is 577. The Morgan fingerprint density at radius 3 is 2.41 bits per heavy atom. The molecule has 122 valence electrons. The van der Waals surface area contributed by atoms with Crippen molar-refractivity contribution in [2.45, 2.75) is 18.7 Å². The van der Waals surface area contributed by atoms with E-state index in [0.717, 1.165) is 12.1 Å². The van der Waals surface area contributed by atoms with E-state index in [-0.39, 0.29) is 18.8 Å². The van der Waals surface area contributed by atoms with Gasteiger partial charge in [0, 0.05) is 14.1 Å². The van der Waals surface area contributed by atoms with Crippen LogP contribution in [-0.2, 0) is 6.18 Å². The van der Waals surface area contributed by atoms with Crippen molar-refractivity contribution in [1.29, 1.82) is 0 Å². The third kappa shape index (κ3) is 3.44. The van der Waals surface area contributed by atoms with Crippen molar-refractivity contribution in [3.8, 4) is 0 Å². The Morgan fingerprint density at radius 2 is 1.95 bits per heavy atom. The first-order valence-electron chi connectivity index (χ1n) is 6.66. The third-order valence-corrected chi connectivity index (χ3v) is 3.40. The van der Waals surface area contributed by atoms with Crippen molar-refractivity contribution in [2.24, 2.45) is 0 Å². The average Bonchev–Trinajstić information content (AvgIpc) is 2.34. The van der Waals surface area contributed by atoms with Gasteiger partial charge in [0.05, 0.1) is 35.6 Å². The van der Waals surface area contributed by atoms with Crippen molar-refractivity contribution in [3.05, 3.63) is 23.8 Å². The number of carbonyl (C=O) groups excluding carboxylic acids is 1. The number of likely N-dealkylation sites (tertiary alicyclic amines) is 1. The van der Waals surface area contributed by atoms with Gasteiger partial charge in [0.2, 0.25) is 0 Å². The Balaban J connectivity index is 2.22. The summed E-state index contributed by atoms with van der Waals surface area (Å²) in [5.41, 5.74) is -1.22. The van der Waals surface area contributed by atoms with Crippen LogP contribution >= 0.6 is 0 Å². The molecule has 1 heterocycles. The van der Waals surface area contributed by atoms with Gasteiger partial charge in [-0.1, -0.05) is 0 Å². The van der Waals surface area contributed by atoms with Gasteiger partial charge in [0.15, 0.2) is 0 Å². The Labute approximate surface area is 126 Å². The van der Waals surface area contributed by atoms with Crippen molar-refractivity contribution < 1.29 is 23.1 Å². The van der Waals surface area contributed by atoms with E-state index in [2.05, 4.69) is 5.32 Å². The highest BCUT2D eigenvalue weighted by Gasteiger charge is 2.39. The normalized spacial score (nSPS) is 17.0. The molecule has 1 fully saturated rings. The number of nitrogens with zero attached hydrogens (tertiary/aromatic N) is 2. The summed E-state index contributed by atoms with van der Waals surface area (Å²) < 4.78 is 38.4. The van der Waals surface area contributed by atoms with Gasteiger partial charge in [-0.3, -0.25) is 0 Å². The number of hydrogen-bond acceptors (Lipinski definition) is 3. The molecule has 1 aliphatic heterocycles. The van der Waals surface area contributed by atoms with E-state index < -0.39 is 23.4 Å². The lowest BCUT2D eigenvalue weighted by Crippen LogP contribution is -2.62. The van der Waals surface area contributed by atoms with Crippen LogP contribution in [0.5, 0.6) is 0 Å². The summed E-state index contributed by atoms with van der Waals surface area (Å²) in [6.45, 7) is 1.89. The van der Waals surface area contributed by atoms with E-state index in [1.807, 2.05) is 0 Å². The number of rotatable bonds is 2. The molecule has 0 unspecified atom stereocenters. The molecule has 0 bridgehead atoms. The number of aliphatic hydroxyl groups is 1. The molecule has 1 aromatic rings. The van der Waals surface area contributed by atoms with Crippen molar-refractivity contribution in [3.63, 3.8) is 0 Å². The fourth-order valence-electron chi connectivity index (χ4n) is 2.32. The number of anilines is 2. The predicted octanol–water partition coefficient (Wildman–Crippen LogP) is 2.37. The number of benzene rings is 1. The number of halogens is 3. The standard InChI is InChI=1S/C14H18F3N3O2/c1-13(22)7-20(8-13)12(21)18-10-6-9(14(15,16)17)4-5-11(10)19(2)3/h4-6,22H,7-8H2,1-3H3,(H,18,21). The maximum atomic E-state index is 12.8. The second-order valence-corrected chi connectivity index (χ2v) is 5.91. The number of amides is 2. The molecule has 0 aliphatic carbocycles. The fourth-order valence-corrected chi connectivity index (χ4v) is 2.32. The highest BCUT2D eigenvalue weighted by atomic mass is 19.4. The van der Waals surface area contributed by atoms with Crippen molar-refractivity contribution in [2.75, 3.05) is 37.4 Å². The number of carbonyl (C=O) groups is 1. The van der Waals surface area contributed by atoms with E-state index in [0.29, 0.717) is 5.69 Å². The molecule has 0 atom stereocenters. The summed E-state index contributed by atoms with van der Waals surface area (Å²) in [5, 5.41) is 12.1. The minimum absolute atomic E-state index is 0.0800. The zero-order chi connectivity index (χ0) is 16.7. The highest BCUT2D eigenvalue weighted by molar-refractivity contribution is 5.94. The third-order valence-electron chi connectivity index (χ3n) is 3.40. The van der Waals surface area contributed by atoms with Crippen LogP contribution in [0, 0.1) is 0 Å². The Morgan fingerprint density at radius 1 is 1.36 bits per heavy atom. The summed E-state index contributed by atoms with van der Waals surface area (Å²) in [7, 11) is 3.35. The molecule has 2 N–H and O–H groups in total. The maximum absolute atomic E-state index is 12.8. The van der Waals surface area contributed by atoms with E-state index in [4.69, 9.17) is 0 Å². The number of hydrogen-bond donors (Lipinski definition) is 2. The lowest BCUT2D eigenvalue weighted by Gasteiger charge is -2.44. The maximum Gasteiger partial charge on any atom is 0.416 e. The zero-order valence-electron chi connectivity index (χ0n) is 12.5.